The minimum Gasteiger partial charge on any atom is -0.318 e. The van der Waals surface area contributed by atoms with Crippen molar-refractivity contribution in [3.05, 3.63) is 80.8 Å². The van der Waals surface area contributed by atoms with Gasteiger partial charge in [-0.2, -0.15) is 0 Å². The van der Waals surface area contributed by atoms with Crippen LogP contribution in [0.25, 0.3) is 33.7 Å². The van der Waals surface area contributed by atoms with Gasteiger partial charge in [0.25, 0.3) is 5.56 Å². The maximum atomic E-state index is 13.3. The van der Waals surface area contributed by atoms with Crippen molar-refractivity contribution in [1.82, 2.24) is 39.7 Å². The molecule has 10 nitrogen and oxygen atoms in total. The number of aromatic amines is 2. The summed E-state index contributed by atoms with van der Waals surface area (Å²) in [6.07, 6.45) is 3.38. The molecular formula is C26H28N8O2. The van der Waals surface area contributed by atoms with E-state index < -0.39 is 5.69 Å². The molecule has 0 bridgehead atoms. The minimum atomic E-state index is -0.411. The lowest BCUT2D eigenvalue weighted by Gasteiger charge is -2.11. The van der Waals surface area contributed by atoms with E-state index in [0.29, 0.717) is 36.5 Å². The SMILES string of the molecule is CCCCc1nc2[nH]c(=O)n(CCC)c(=O)c2n1Cc1ccc(-c2ccccc2-c2nnn[nH]2)cc1. The number of hydrogen-bond donors (Lipinski definition) is 2. The predicted molar refractivity (Wildman–Crippen MR) is 138 cm³/mol. The first kappa shape index (κ1) is 23.4. The monoisotopic (exact) mass is 484 g/mol. The fraction of sp³-hybridized carbons (Fsp3) is 0.308. The highest BCUT2D eigenvalue weighted by molar-refractivity contribution is 5.80. The van der Waals surface area contributed by atoms with Crippen LogP contribution in [0.1, 0.15) is 44.5 Å². The normalized spacial score (nSPS) is 11.4. The van der Waals surface area contributed by atoms with Gasteiger partial charge in [-0.25, -0.2) is 14.9 Å². The van der Waals surface area contributed by atoms with E-state index in [1.165, 1.54) is 4.57 Å². The zero-order valence-electron chi connectivity index (χ0n) is 20.4. The largest absolute Gasteiger partial charge is 0.330 e. The average Bonchev–Trinajstić information content (AvgIpc) is 3.54. The van der Waals surface area contributed by atoms with Crippen LogP contribution in [-0.4, -0.2) is 39.7 Å². The number of unbranched alkanes of at least 4 members (excludes halogenated alkanes) is 1. The summed E-state index contributed by atoms with van der Waals surface area (Å²) in [7, 11) is 0. The maximum Gasteiger partial charge on any atom is 0.330 e. The number of nitrogens with zero attached hydrogens (tertiary/aromatic N) is 6. The molecule has 10 heteroatoms. The zero-order chi connectivity index (χ0) is 25.1. The van der Waals surface area contributed by atoms with Crippen LogP contribution in [-0.2, 0) is 19.5 Å². The number of H-pyrrole nitrogens is 2. The van der Waals surface area contributed by atoms with Gasteiger partial charge in [0.05, 0.1) is 0 Å². The fourth-order valence-electron chi connectivity index (χ4n) is 4.50. The van der Waals surface area contributed by atoms with Crippen LogP contribution in [0.5, 0.6) is 0 Å². The Labute approximate surface area is 207 Å². The highest BCUT2D eigenvalue weighted by Crippen LogP contribution is 2.30. The summed E-state index contributed by atoms with van der Waals surface area (Å²) in [4.78, 5) is 33.2. The smallest absolute Gasteiger partial charge is 0.318 e. The van der Waals surface area contributed by atoms with Crippen molar-refractivity contribution in [3.8, 4) is 22.5 Å². The molecule has 0 spiro atoms. The molecule has 0 radical (unpaired) electrons. The van der Waals surface area contributed by atoms with E-state index in [2.05, 4.69) is 61.8 Å². The molecule has 0 atom stereocenters. The molecule has 2 aromatic carbocycles. The molecule has 184 valence electrons. The van der Waals surface area contributed by atoms with E-state index in [1.54, 1.807) is 0 Å². The summed E-state index contributed by atoms with van der Waals surface area (Å²) in [5, 5.41) is 14.3. The number of rotatable bonds is 9. The lowest BCUT2D eigenvalue weighted by Crippen LogP contribution is -2.35. The van der Waals surface area contributed by atoms with Gasteiger partial charge in [-0.15, -0.1) is 5.10 Å². The van der Waals surface area contributed by atoms with Crippen molar-refractivity contribution in [2.75, 3.05) is 0 Å². The van der Waals surface area contributed by atoms with E-state index in [4.69, 9.17) is 0 Å². The molecule has 0 unspecified atom stereocenters. The Kier molecular flexibility index (Phi) is 6.57. The summed E-state index contributed by atoms with van der Waals surface area (Å²) in [6.45, 7) is 4.92. The number of aryl methyl sites for hydroxylation is 1. The highest BCUT2D eigenvalue weighted by atomic mass is 16.2. The van der Waals surface area contributed by atoms with Crippen LogP contribution in [0, 0.1) is 0 Å². The molecule has 0 amide bonds. The third-order valence-electron chi connectivity index (χ3n) is 6.30. The second kappa shape index (κ2) is 10.1. The van der Waals surface area contributed by atoms with Gasteiger partial charge in [-0.05, 0) is 40.0 Å². The van der Waals surface area contributed by atoms with Gasteiger partial charge >= 0.3 is 5.69 Å². The van der Waals surface area contributed by atoms with Crippen molar-refractivity contribution in [3.63, 3.8) is 0 Å². The fourth-order valence-corrected chi connectivity index (χ4v) is 4.50. The molecule has 0 saturated heterocycles. The third kappa shape index (κ3) is 4.37. The summed E-state index contributed by atoms with van der Waals surface area (Å²) in [5.74, 6) is 1.42. The lowest BCUT2D eigenvalue weighted by atomic mass is 9.98. The van der Waals surface area contributed by atoms with Crippen LogP contribution in [0.2, 0.25) is 0 Å². The molecular weight excluding hydrogens is 456 g/mol. The Bertz CT molecular complexity index is 1590. The number of imidazole rings is 1. The third-order valence-corrected chi connectivity index (χ3v) is 6.30. The van der Waals surface area contributed by atoms with Crippen LogP contribution in [0.4, 0.5) is 0 Å². The van der Waals surface area contributed by atoms with Crippen LogP contribution in [0.3, 0.4) is 0 Å². The van der Waals surface area contributed by atoms with Crippen LogP contribution >= 0.6 is 0 Å². The lowest BCUT2D eigenvalue weighted by molar-refractivity contribution is 0.618. The quantitative estimate of drug-likeness (QED) is 0.329. The summed E-state index contributed by atoms with van der Waals surface area (Å²) in [6, 6.07) is 16.2. The van der Waals surface area contributed by atoms with Crippen molar-refractivity contribution in [2.24, 2.45) is 0 Å². The Morgan fingerprint density at radius 1 is 0.917 bits per heavy atom. The first-order valence-corrected chi connectivity index (χ1v) is 12.2. The molecule has 3 aromatic heterocycles. The summed E-state index contributed by atoms with van der Waals surface area (Å²) >= 11 is 0. The topological polar surface area (TPSA) is 127 Å². The number of fused-ring (bicyclic) bond motifs is 1. The second-order valence-corrected chi connectivity index (χ2v) is 8.79. The molecule has 0 saturated carbocycles. The van der Waals surface area contributed by atoms with Gasteiger partial charge in [0.2, 0.25) is 0 Å². The van der Waals surface area contributed by atoms with E-state index in [-0.39, 0.29) is 5.56 Å². The standard InChI is InChI=1S/C26H28N8O2/c1-3-5-10-21-27-24-22(25(35)33(15-4-2)26(36)28-24)34(21)16-17-11-13-18(14-12-17)19-8-6-7-9-20(19)23-29-31-32-30-23/h6-9,11-14H,3-5,10,15-16H2,1-2H3,(H,28,36)(H,29,30,31,32). The molecule has 5 aromatic rings. The first-order chi connectivity index (χ1) is 17.6. The van der Waals surface area contributed by atoms with Crippen molar-refractivity contribution in [2.45, 2.75) is 52.6 Å². The molecule has 2 N–H and O–H groups in total. The second-order valence-electron chi connectivity index (χ2n) is 8.79. The van der Waals surface area contributed by atoms with Gasteiger partial charge in [0, 0.05) is 25.1 Å². The van der Waals surface area contributed by atoms with Crippen LogP contribution in [0.15, 0.2) is 58.1 Å². The molecule has 36 heavy (non-hydrogen) atoms. The van der Waals surface area contributed by atoms with Gasteiger partial charge in [-0.3, -0.25) is 14.3 Å². The Balaban J connectivity index is 1.54. The number of nitrogens with one attached hydrogen (secondary N) is 2. The molecule has 5 rings (SSSR count). The van der Waals surface area contributed by atoms with Crippen LogP contribution < -0.4 is 11.2 Å². The highest BCUT2D eigenvalue weighted by Gasteiger charge is 2.18. The number of hydrogen-bond acceptors (Lipinski definition) is 6. The van der Waals surface area contributed by atoms with E-state index in [0.717, 1.165) is 47.3 Å². The van der Waals surface area contributed by atoms with Crippen molar-refractivity contribution in [1.29, 1.82) is 0 Å². The van der Waals surface area contributed by atoms with E-state index >= 15 is 0 Å². The average molecular weight is 485 g/mol. The van der Waals surface area contributed by atoms with Gasteiger partial charge < -0.3 is 4.57 Å². The number of tetrazole rings is 1. The molecule has 0 fully saturated rings. The zero-order valence-corrected chi connectivity index (χ0v) is 20.4. The Hall–Kier alpha value is -4.34. The van der Waals surface area contributed by atoms with Gasteiger partial charge in [0.1, 0.15) is 5.82 Å². The Morgan fingerprint density at radius 2 is 1.69 bits per heavy atom. The molecule has 3 heterocycles. The first-order valence-electron chi connectivity index (χ1n) is 12.2. The Morgan fingerprint density at radius 3 is 2.39 bits per heavy atom. The molecule has 0 aliphatic heterocycles. The minimum absolute atomic E-state index is 0.294. The van der Waals surface area contributed by atoms with Crippen molar-refractivity contribution < 1.29 is 0 Å². The van der Waals surface area contributed by atoms with Crippen molar-refractivity contribution >= 4 is 11.2 Å². The number of benzene rings is 2. The summed E-state index contributed by atoms with van der Waals surface area (Å²) in [5.41, 5.74) is 4.08. The summed E-state index contributed by atoms with van der Waals surface area (Å²) < 4.78 is 3.22. The van der Waals surface area contributed by atoms with Gasteiger partial charge in [-0.1, -0.05) is 68.8 Å². The van der Waals surface area contributed by atoms with E-state index in [1.807, 2.05) is 35.8 Å². The van der Waals surface area contributed by atoms with Gasteiger partial charge in [0.15, 0.2) is 17.0 Å². The van der Waals surface area contributed by atoms with E-state index in [9.17, 15) is 9.59 Å². The molecule has 0 aliphatic rings. The maximum absolute atomic E-state index is 13.3. The number of aromatic nitrogens is 8. The molecule has 0 aliphatic carbocycles. The predicted octanol–water partition coefficient (Wildman–Crippen LogP) is 3.53.